The third-order valence-electron chi connectivity index (χ3n) is 1.71. The van der Waals surface area contributed by atoms with E-state index in [0.717, 1.165) is 0 Å². The van der Waals surface area contributed by atoms with Crippen molar-refractivity contribution < 1.29 is 9.34 Å². The summed E-state index contributed by atoms with van der Waals surface area (Å²) in [5, 5.41) is 10.4. The summed E-state index contributed by atoms with van der Waals surface area (Å²) in [5.41, 5.74) is 3.03. The lowest BCUT2D eigenvalue weighted by molar-refractivity contribution is -0.384. The average Bonchev–Trinajstić information content (AvgIpc) is 2.58. The summed E-state index contributed by atoms with van der Waals surface area (Å²) in [4.78, 5) is 13.8. The highest BCUT2D eigenvalue weighted by Crippen LogP contribution is 2.22. The molecule has 1 aromatic heterocycles. The van der Waals surface area contributed by atoms with Crippen molar-refractivity contribution in [2.24, 2.45) is 5.84 Å². The maximum absolute atomic E-state index is 10.4. The van der Waals surface area contributed by atoms with Gasteiger partial charge in [0.2, 0.25) is 0 Å². The van der Waals surface area contributed by atoms with Gasteiger partial charge in [-0.05, 0) is 6.07 Å². The first-order valence-corrected chi connectivity index (χ1v) is 3.72. The van der Waals surface area contributed by atoms with Gasteiger partial charge in [0.1, 0.15) is 5.52 Å². The minimum absolute atomic E-state index is 0.0330. The molecule has 0 unspecified atom stereocenters. The lowest BCUT2D eigenvalue weighted by atomic mass is 10.3. The molecule has 7 heteroatoms. The molecule has 2 aromatic rings. The predicted octanol–water partition coefficient (Wildman–Crippen LogP) is 1.02. The summed E-state index contributed by atoms with van der Waals surface area (Å²) in [6.07, 6.45) is 0. The summed E-state index contributed by atoms with van der Waals surface area (Å²) in [7, 11) is 0. The fourth-order valence-electron chi connectivity index (χ4n) is 1.09. The summed E-state index contributed by atoms with van der Waals surface area (Å²) in [5.74, 6) is 5.07. The zero-order valence-corrected chi connectivity index (χ0v) is 6.93. The topological polar surface area (TPSA) is 107 Å². The first-order valence-electron chi connectivity index (χ1n) is 3.72. The smallest absolute Gasteiger partial charge is 0.310 e. The third-order valence-corrected chi connectivity index (χ3v) is 1.71. The number of hydrogen-bond acceptors (Lipinski definition) is 6. The molecule has 0 aliphatic heterocycles. The van der Waals surface area contributed by atoms with Crippen LogP contribution in [-0.4, -0.2) is 9.91 Å². The molecular weight excluding hydrogens is 188 g/mol. The number of hydrazine groups is 1. The van der Waals surface area contributed by atoms with Crippen LogP contribution >= 0.6 is 0 Å². The molecule has 0 fully saturated rings. The maximum atomic E-state index is 10.4. The second-order valence-corrected chi connectivity index (χ2v) is 2.57. The van der Waals surface area contributed by atoms with E-state index in [4.69, 9.17) is 10.3 Å². The lowest BCUT2D eigenvalue weighted by Crippen LogP contribution is -2.06. The van der Waals surface area contributed by atoms with Gasteiger partial charge in [0.25, 0.3) is 5.69 Å². The van der Waals surface area contributed by atoms with Gasteiger partial charge < -0.3 is 4.42 Å². The quantitative estimate of drug-likeness (QED) is 0.419. The Balaban J connectivity index is 2.59. The fraction of sp³-hybridized carbons (Fsp3) is 0. The van der Waals surface area contributed by atoms with E-state index in [1.807, 2.05) is 0 Å². The molecule has 72 valence electrons. The molecule has 1 aromatic carbocycles. The van der Waals surface area contributed by atoms with E-state index >= 15 is 0 Å². The standard InChI is InChI=1S/C7H6N4O3/c8-10-7-9-5-3-4(11(12)13)1-2-6(5)14-7/h1-3H,8H2,(H,9,10). The van der Waals surface area contributed by atoms with Crippen LogP contribution in [0, 0.1) is 10.1 Å². The zero-order chi connectivity index (χ0) is 10.1. The molecule has 0 radical (unpaired) electrons. The van der Waals surface area contributed by atoms with E-state index < -0.39 is 4.92 Å². The third kappa shape index (κ3) is 1.25. The van der Waals surface area contributed by atoms with Crippen LogP contribution in [0.1, 0.15) is 0 Å². The summed E-state index contributed by atoms with van der Waals surface area (Å²) in [6, 6.07) is 4.26. The molecule has 0 aliphatic carbocycles. The molecule has 0 aliphatic rings. The van der Waals surface area contributed by atoms with Gasteiger partial charge in [-0.3, -0.25) is 15.5 Å². The van der Waals surface area contributed by atoms with Gasteiger partial charge in [0.05, 0.1) is 4.92 Å². The van der Waals surface area contributed by atoms with E-state index in [0.29, 0.717) is 11.1 Å². The number of nitrogens with two attached hydrogens (primary N) is 1. The van der Waals surface area contributed by atoms with Gasteiger partial charge in [0.15, 0.2) is 5.58 Å². The van der Waals surface area contributed by atoms with Crippen molar-refractivity contribution in [1.29, 1.82) is 0 Å². The number of hydrogen-bond donors (Lipinski definition) is 2. The number of nitro benzene ring substituents is 1. The molecule has 7 nitrogen and oxygen atoms in total. The summed E-state index contributed by atoms with van der Waals surface area (Å²) in [6.45, 7) is 0. The van der Waals surface area contributed by atoms with Crippen LogP contribution in [0.2, 0.25) is 0 Å². The van der Waals surface area contributed by atoms with E-state index in [1.165, 1.54) is 18.2 Å². The Labute approximate surface area is 77.6 Å². The monoisotopic (exact) mass is 194 g/mol. The number of nitrogen functional groups attached to an aromatic ring is 1. The Kier molecular flexibility index (Phi) is 1.79. The second kappa shape index (κ2) is 2.96. The van der Waals surface area contributed by atoms with Gasteiger partial charge in [0, 0.05) is 12.1 Å². The van der Waals surface area contributed by atoms with Crippen molar-refractivity contribution in [2.75, 3.05) is 5.43 Å². The SMILES string of the molecule is NNc1nc2cc([N+](=O)[O-])ccc2o1. The van der Waals surface area contributed by atoms with Crippen molar-refractivity contribution in [3.63, 3.8) is 0 Å². The van der Waals surface area contributed by atoms with Crippen LogP contribution in [0.25, 0.3) is 11.1 Å². The Morgan fingerprint density at radius 2 is 2.36 bits per heavy atom. The molecule has 14 heavy (non-hydrogen) atoms. The Morgan fingerprint density at radius 1 is 1.57 bits per heavy atom. The Morgan fingerprint density at radius 3 is 3.00 bits per heavy atom. The number of aromatic nitrogens is 1. The number of nitro groups is 1. The number of rotatable bonds is 2. The molecule has 0 amide bonds. The van der Waals surface area contributed by atoms with Crippen LogP contribution in [-0.2, 0) is 0 Å². The Bertz CT molecular complexity index is 493. The number of anilines is 1. The molecule has 1 heterocycles. The maximum Gasteiger partial charge on any atom is 0.310 e. The van der Waals surface area contributed by atoms with Gasteiger partial charge >= 0.3 is 6.01 Å². The van der Waals surface area contributed by atoms with E-state index in [1.54, 1.807) is 0 Å². The van der Waals surface area contributed by atoms with Gasteiger partial charge in [-0.1, -0.05) is 0 Å². The van der Waals surface area contributed by atoms with E-state index in [9.17, 15) is 10.1 Å². The van der Waals surface area contributed by atoms with Crippen molar-refractivity contribution in [2.45, 2.75) is 0 Å². The van der Waals surface area contributed by atoms with Crippen LogP contribution in [0.5, 0.6) is 0 Å². The summed E-state index contributed by atoms with van der Waals surface area (Å²) >= 11 is 0. The number of nitrogens with zero attached hydrogens (tertiary/aromatic N) is 2. The van der Waals surface area contributed by atoms with Crippen molar-refractivity contribution >= 4 is 22.8 Å². The Hall–Kier alpha value is -2.15. The minimum atomic E-state index is -0.496. The molecule has 2 rings (SSSR count). The second-order valence-electron chi connectivity index (χ2n) is 2.57. The fourth-order valence-corrected chi connectivity index (χ4v) is 1.09. The first-order chi connectivity index (χ1) is 6.70. The minimum Gasteiger partial charge on any atom is -0.423 e. The normalized spacial score (nSPS) is 10.4. The van der Waals surface area contributed by atoms with Crippen LogP contribution in [0.15, 0.2) is 22.6 Å². The molecule has 0 saturated heterocycles. The molecule has 0 bridgehead atoms. The molecular formula is C7H6N4O3. The number of benzene rings is 1. The van der Waals surface area contributed by atoms with Gasteiger partial charge in [-0.25, -0.2) is 5.84 Å². The van der Waals surface area contributed by atoms with Gasteiger partial charge in [-0.15, -0.1) is 0 Å². The summed E-state index contributed by atoms with van der Waals surface area (Å²) < 4.78 is 5.08. The van der Waals surface area contributed by atoms with E-state index in [-0.39, 0.29) is 11.7 Å². The number of nitrogens with one attached hydrogen (secondary N) is 1. The molecule has 0 spiro atoms. The van der Waals surface area contributed by atoms with Crippen molar-refractivity contribution in [3.05, 3.63) is 28.3 Å². The first kappa shape index (κ1) is 8.45. The zero-order valence-electron chi connectivity index (χ0n) is 6.93. The largest absolute Gasteiger partial charge is 0.423 e. The van der Waals surface area contributed by atoms with Crippen molar-refractivity contribution in [3.8, 4) is 0 Å². The lowest BCUT2D eigenvalue weighted by Gasteiger charge is -1.88. The van der Waals surface area contributed by atoms with Crippen LogP contribution < -0.4 is 11.3 Å². The molecule has 3 N–H and O–H groups in total. The van der Waals surface area contributed by atoms with Gasteiger partial charge in [-0.2, -0.15) is 4.98 Å². The molecule has 0 atom stereocenters. The number of fused-ring (bicyclic) bond motifs is 1. The number of non-ortho nitro benzene ring substituents is 1. The highest BCUT2D eigenvalue weighted by molar-refractivity contribution is 5.77. The van der Waals surface area contributed by atoms with Crippen LogP contribution in [0.4, 0.5) is 11.7 Å². The predicted molar refractivity (Wildman–Crippen MR) is 48.5 cm³/mol. The highest BCUT2D eigenvalue weighted by Gasteiger charge is 2.10. The highest BCUT2D eigenvalue weighted by atomic mass is 16.6. The number of oxazole rings is 1. The van der Waals surface area contributed by atoms with Crippen LogP contribution in [0.3, 0.4) is 0 Å². The van der Waals surface area contributed by atoms with E-state index in [2.05, 4.69) is 10.4 Å². The average molecular weight is 194 g/mol. The van der Waals surface area contributed by atoms with Crippen molar-refractivity contribution in [1.82, 2.24) is 4.98 Å². The molecule has 0 saturated carbocycles.